The summed E-state index contributed by atoms with van der Waals surface area (Å²) in [5, 5.41) is 0. The van der Waals surface area contributed by atoms with E-state index in [2.05, 4.69) is 10.4 Å². The van der Waals surface area contributed by atoms with Crippen LogP contribution in [0.5, 0.6) is 0 Å². The molecule has 1 rings (SSSR count). The second-order valence-electron chi connectivity index (χ2n) is 1.89. The molecule has 1 N–H and O–H groups in total. The van der Waals surface area contributed by atoms with Crippen LogP contribution in [0, 0.1) is 0 Å². The van der Waals surface area contributed by atoms with Gasteiger partial charge in [0.2, 0.25) is 0 Å². The Morgan fingerprint density at radius 2 is 2.18 bits per heavy atom. The minimum absolute atomic E-state index is 0.875. The predicted molar refractivity (Wildman–Crippen MR) is 32.5 cm³/mol. The lowest BCUT2D eigenvalue weighted by molar-refractivity contribution is -0.140. The molecule has 1 heterocycles. The maximum atomic E-state index is 11.8. The molecular formula is C5H6F3N3. The molecule has 0 fully saturated rings. The highest BCUT2D eigenvalue weighted by molar-refractivity contribution is 5.01. The predicted octanol–water partition coefficient (Wildman–Crippen LogP) is 1.08. The van der Waals surface area contributed by atoms with Gasteiger partial charge in [-0.3, -0.25) is 4.68 Å². The van der Waals surface area contributed by atoms with Gasteiger partial charge >= 0.3 is 6.18 Å². The minimum Gasteiger partial charge on any atom is -0.328 e. The fraction of sp³-hybridized carbons (Fsp3) is 0.400. The fourth-order valence-corrected chi connectivity index (χ4v) is 0.591. The quantitative estimate of drug-likeness (QED) is 0.674. The van der Waals surface area contributed by atoms with Crippen molar-refractivity contribution in [1.29, 1.82) is 0 Å². The Morgan fingerprint density at radius 3 is 2.45 bits per heavy atom. The molecule has 0 atom stereocenters. The van der Waals surface area contributed by atoms with Gasteiger partial charge in [-0.1, -0.05) is 0 Å². The second-order valence-corrected chi connectivity index (χ2v) is 1.89. The first-order chi connectivity index (χ1) is 5.04. The van der Waals surface area contributed by atoms with Crippen molar-refractivity contribution in [2.24, 2.45) is 0 Å². The number of nitrogens with one attached hydrogen (secondary N) is 1. The molecule has 0 aliphatic heterocycles. The first-order valence-corrected chi connectivity index (χ1v) is 2.83. The van der Waals surface area contributed by atoms with Crippen molar-refractivity contribution < 1.29 is 13.2 Å². The van der Waals surface area contributed by atoms with Gasteiger partial charge in [-0.2, -0.15) is 13.2 Å². The van der Waals surface area contributed by atoms with Crippen LogP contribution in [0.3, 0.4) is 0 Å². The van der Waals surface area contributed by atoms with E-state index < -0.39 is 11.9 Å². The van der Waals surface area contributed by atoms with Crippen LogP contribution in [0.4, 0.5) is 13.2 Å². The Morgan fingerprint density at radius 1 is 1.55 bits per heavy atom. The van der Waals surface area contributed by atoms with Gasteiger partial charge in [0.25, 0.3) is 0 Å². The summed E-state index contributed by atoms with van der Waals surface area (Å²) in [5.41, 5.74) is 1.58. The van der Waals surface area contributed by atoms with Gasteiger partial charge in [0, 0.05) is 7.05 Å². The summed E-state index contributed by atoms with van der Waals surface area (Å²) >= 11 is 0. The van der Waals surface area contributed by atoms with Gasteiger partial charge in [-0.15, -0.1) is 0 Å². The summed E-state index contributed by atoms with van der Waals surface area (Å²) in [4.78, 5) is 3.13. The smallest absolute Gasteiger partial charge is 0.328 e. The van der Waals surface area contributed by atoms with E-state index >= 15 is 0 Å². The highest BCUT2D eigenvalue weighted by atomic mass is 19.4. The van der Waals surface area contributed by atoms with Crippen molar-refractivity contribution in [2.45, 2.75) is 6.18 Å². The van der Waals surface area contributed by atoms with Gasteiger partial charge in [0.05, 0.1) is 6.20 Å². The van der Waals surface area contributed by atoms with Crippen molar-refractivity contribution in [1.82, 2.24) is 9.66 Å². The van der Waals surface area contributed by atoms with Crippen molar-refractivity contribution in [3.05, 3.63) is 18.2 Å². The summed E-state index contributed by atoms with van der Waals surface area (Å²) in [6, 6.07) is 0. The van der Waals surface area contributed by atoms with Crippen LogP contribution in [0.15, 0.2) is 12.5 Å². The third-order valence-corrected chi connectivity index (χ3v) is 1.13. The molecular weight excluding hydrogens is 159 g/mol. The minimum atomic E-state index is -4.36. The Balaban J connectivity index is 2.89. The number of rotatable bonds is 1. The molecule has 1 aromatic rings. The van der Waals surface area contributed by atoms with Crippen LogP contribution in [0.1, 0.15) is 5.69 Å². The Bertz CT molecular complexity index is 239. The molecule has 62 valence electrons. The van der Waals surface area contributed by atoms with E-state index in [1.807, 2.05) is 0 Å². The normalized spacial score (nSPS) is 11.6. The molecule has 0 bridgehead atoms. The fourth-order valence-electron chi connectivity index (χ4n) is 0.591. The molecule has 0 aromatic carbocycles. The highest BCUT2D eigenvalue weighted by Crippen LogP contribution is 2.26. The van der Waals surface area contributed by atoms with E-state index in [1.54, 1.807) is 0 Å². The van der Waals surface area contributed by atoms with Crippen LogP contribution in [-0.4, -0.2) is 16.7 Å². The molecule has 3 nitrogen and oxygen atoms in total. The average Bonchev–Trinajstić information content (AvgIpc) is 2.32. The van der Waals surface area contributed by atoms with Crippen molar-refractivity contribution in [3.8, 4) is 0 Å². The molecule has 0 saturated carbocycles. The molecule has 0 radical (unpaired) electrons. The molecule has 0 saturated heterocycles. The molecule has 0 aliphatic rings. The number of hydrogen-bond acceptors (Lipinski definition) is 2. The molecule has 0 amide bonds. The van der Waals surface area contributed by atoms with Crippen LogP contribution in [-0.2, 0) is 6.18 Å². The summed E-state index contributed by atoms with van der Waals surface area (Å²) in [6.07, 6.45) is -2.43. The van der Waals surface area contributed by atoms with Gasteiger partial charge < -0.3 is 5.43 Å². The van der Waals surface area contributed by atoms with Gasteiger partial charge in [0.1, 0.15) is 6.33 Å². The molecule has 0 aliphatic carbocycles. The zero-order valence-electron chi connectivity index (χ0n) is 5.68. The van der Waals surface area contributed by atoms with Crippen LogP contribution in [0.2, 0.25) is 0 Å². The van der Waals surface area contributed by atoms with Gasteiger partial charge in [-0.05, 0) is 0 Å². The van der Waals surface area contributed by atoms with Crippen LogP contribution >= 0.6 is 0 Å². The lowest BCUT2D eigenvalue weighted by atomic mass is 10.5. The van der Waals surface area contributed by atoms with E-state index in [0.29, 0.717) is 0 Å². The van der Waals surface area contributed by atoms with E-state index in [0.717, 1.165) is 17.2 Å². The van der Waals surface area contributed by atoms with Crippen LogP contribution < -0.4 is 5.43 Å². The highest BCUT2D eigenvalue weighted by Gasteiger charge is 2.33. The Kier molecular flexibility index (Phi) is 1.76. The second kappa shape index (κ2) is 2.44. The zero-order chi connectivity index (χ0) is 8.48. The van der Waals surface area contributed by atoms with E-state index in [4.69, 9.17) is 0 Å². The summed E-state index contributed by atoms with van der Waals surface area (Å²) in [5.74, 6) is 0. The summed E-state index contributed by atoms with van der Waals surface area (Å²) in [7, 11) is 1.50. The zero-order valence-corrected chi connectivity index (χ0v) is 5.68. The number of hydrogen-bond donors (Lipinski definition) is 1. The maximum Gasteiger partial charge on any atom is 0.434 e. The molecule has 1 aromatic heterocycles. The van der Waals surface area contributed by atoms with Crippen molar-refractivity contribution in [3.63, 3.8) is 0 Å². The number of aromatic nitrogens is 2. The number of imidazole rings is 1. The average molecular weight is 165 g/mol. The van der Waals surface area contributed by atoms with E-state index in [-0.39, 0.29) is 0 Å². The van der Waals surface area contributed by atoms with Crippen molar-refractivity contribution >= 4 is 0 Å². The summed E-state index contributed by atoms with van der Waals surface area (Å²) in [6.45, 7) is 0. The van der Waals surface area contributed by atoms with Gasteiger partial charge in [0.15, 0.2) is 5.69 Å². The van der Waals surface area contributed by atoms with E-state index in [1.165, 1.54) is 7.05 Å². The van der Waals surface area contributed by atoms with E-state index in [9.17, 15) is 13.2 Å². The number of nitrogens with zero attached hydrogens (tertiary/aromatic N) is 2. The third kappa shape index (κ3) is 1.63. The Hall–Kier alpha value is -1.20. The monoisotopic (exact) mass is 165 g/mol. The lowest BCUT2D eigenvalue weighted by Gasteiger charge is -2.00. The summed E-state index contributed by atoms with van der Waals surface area (Å²) < 4.78 is 36.6. The topological polar surface area (TPSA) is 29.9 Å². The molecule has 0 spiro atoms. The standard InChI is InChI=1S/C5H6F3N3/c1-9-11-2-4(10-3-11)5(6,7)8/h2-3,9H,1H3. The van der Waals surface area contributed by atoms with Crippen molar-refractivity contribution in [2.75, 3.05) is 12.5 Å². The first-order valence-electron chi connectivity index (χ1n) is 2.83. The molecule has 6 heteroatoms. The van der Waals surface area contributed by atoms with Crippen LogP contribution in [0.25, 0.3) is 0 Å². The molecule has 11 heavy (non-hydrogen) atoms. The SMILES string of the molecule is CNn1cnc(C(F)(F)F)c1. The largest absolute Gasteiger partial charge is 0.434 e. The third-order valence-electron chi connectivity index (χ3n) is 1.13. The number of alkyl halides is 3. The number of halogens is 3. The maximum absolute atomic E-state index is 11.8. The van der Waals surface area contributed by atoms with Gasteiger partial charge in [-0.25, -0.2) is 4.98 Å². The lowest BCUT2D eigenvalue weighted by Crippen LogP contribution is -2.07. The Labute approximate surface area is 60.8 Å². The first kappa shape index (κ1) is 7.90. The molecule has 0 unspecified atom stereocenters.